The van der Waals surface area contributed by atoms with Crippen LogP contribution in [0.5, 0.6) is 0 Å². The van der Waals surface area contributed by atoms with Crippen LogP contribution in [0.1, 0.15) is 35.1 Å². The van der Waals surface area contributed by atoms with E-state index < -0.39 is 6.09 Å². The van der Waals surface area contributed by atoms with Gasteiger partial charge in [-0.25, -0.2) is 4.79 Å². The smallest absolute Gasteiger partial charge is 0.407 e. The van der Waals surface area contributed by atoms with Gasteiger partial charge >= 0.3 is 6.09 Å². The molecule has 2 aromatic heterocycles. The van der Waals surface area contributed by atoms with E-state index in [1.807, 2.05) is 61.6 Å². The lowest BCUT2D eigenvalue weighted by atomic mass is 9.89. The fraction of sp³-hybridized carbons (Fsp3) is 0.269. The molecule has 7 heteroatoms. The summed E-state index contributed by atoms with van der Waals surface area (Å²) >= 11 is 0. The fourth-order valence-corrected chi connectivity index (χ4v) is 4.80. The average Bonchev–Trinajstić information content (AvgIpc) is 3.16. The highest BCUT2D eigenvalue weighted by Gasteiger charge is 2.23. The molecular formula is C26H26N4O3. The van der Waals surface area contributed by atoms with E-state index in [1.165, 1.54) is 4.90 Å². The van der Waals surface area contributed by atoms with Gasteiger partial charge in [0.1, 0.15) is 11.3 Å². The summed E-state index contributed by atoms with van der Waals surface area (Å²) < 4.78 is 1.73. The first-order valence-electron chi connectivity index (χ1n) is 11.2. The predicted octanol–water partition coefficient (Wildman–Crippen LogP) is 4.49. The molecule has 33 heavy (non-hydrogen) atoms. The largest absolute Gasteiger partial charge is 0.465 e. The number of hydrogen-bond donors (Lipinski definition) is 2. The molecule has 5 rings (SSSR count). The number of aromatic nitrogens is 3. The molecule has 0 spiro atoms. The monoisotopic (exact) mass is 442 g/mol. The highest BCUT2D eigenvalue weighted by Crippen LogP contribution is 2.33. The second-order valence-corrected chi connectivity index (χ2v) is 8.64. The van der Waals surface area contributed by atoms with Crippen LogP contribution < -0.4 is 5.56 Å². The van der Waals surface area contributed by atoms with Crippen LogP contribution in [0.3, 0.4) is 0 Å². The van der Waals surface area contributed by atoms with Gasteiger partial charge in [0.05, 0.1) is 0 Å². The van der Waals surface area contributed by atoms with Crippen molar-refractivity contribution in [1.82, 2.24) is 19.7 Å². The van der Waals surface area contributed by atoms with Gasteiger partial charge in [-0.2, -0.15) is 5.10 Å². The predicted molar refractivity (Wildman–Crippen MR) is 127 cm³/mol. The normalized spacial score (nSPS) is 13.1. The van der Waals surface area contributed by atoms with Crippen LogP contribution in [0.2, 0.25) is 0 Å². The van der Waals surface area contributed by atoms with Crippen LogP contribution >= 0.6 is 0 Å². The Labute approximate surface area is 191 Å². The first kappa shape index (κ1) is 21.0. The molecule has 1 amide bonds. The maximum Gasteiger partial charge on any atom is 0.407 e. The molecule has 0 bridgehead atoms. The Balaban J connectivity index is 1.53. The summed E-state index contributed by atoms with van der Waals surface area (Å²) in [5.74, 6) is 0. The average molecular weight is 443 g/mol. The summed E-state index contributed by atoms with van der Waals surface area (Å²) in [4.78, 5) is 28.9. The van der Waals surface area contributed by atoms with E-state index in [0.717, 1.165) is 70.2 Å². The number of H-pyrrole nitrogens is 1. The molecule has 0 saturated heterocycles. The third-order valence-corrected chi connectivity index (χ3v) is 6.38. The molecule has 168 valence electrons. The molecule has 0 aliphatic heterocycles. The molecule has 2 N–H and O–H groups in total. The number of fused-ring (bicyclic) bond motifs is 3. The van der Waals surface area contributed by atoms with Crippen molar-refractivity contribution in [3.05, 3.63) is 87.2 Å². The van der Waals surface area contributed by atoms with Gasteiger partial charge in [-0.05, 0) is 48.4 Å². The van der Waals surface area contributed by atoms with Crippen LogP contribution in [-0.2, 0) is 33.0 Å². The van der Waals surface area contributed by atoms with E-state index in [4.69, 9.17) is 5.10 Å². The molecule has 2 heterocycles. The van der Waals surface area contributed by atoms with Gasteiger partial charge in [0.15, 0.2) is 0 Å². The zero-order chi connectivity index (χ0) is 22.9. The van der Waals surface area contributed by atoms with Crippen LogP contribution in [0, 0.1) is 0 Å². The maximum atomic E-state index is 12.6. The Morgan fingerprint density at radius 1 is 1.03 bits per heavy atom. The molecular weight excluding hydrogens is 416 g/mol. The van der Waals surface area contributed by atoms with Crippen molar-refractivity contribution in [3.63, 3.8) is 0 Å². The number of aromatic amines is 1. The molecule has 0 radical (unpaired) electrons. The second kappa shape index (κ2) is 8.58. The van der Waals surface area contributed by atoms with Gasteiger partial charge in [-0.15, -0.1) is 0 Å². The molecule has 1 aliphatic carbocycles. The number of nitrogens with zero attached hydrogens (tertiary/aromatic N) is 3. The summed E-state index contributed by atoms with van der Waals surface area (Å²) in [7, 11) is 1.84. The van der Waals surface area contributed by atoms with Crippen LogP contribution in [-0.4, -0.2) is 30.9 Å². The minimum Gasteiger partial charge on any atom is -0.465 e. The minimum atomic E-state index is -0.959. The van der Waals surface area contributed by atoms with Crippen LogP contribution in [0.4, 0.5) is 4.79 Å². The summed E-state index contributed by atoms with van der Waals surface area (Å²) in [6.45, 7) is 0.597. The molecule has 4 aromatic rings. The lowest BCUT2D eigenvalue weighted by molar-refractivity contribution is 0.139. The van der Waals surface area contributed by atoms with E-state index in [2.05, 4.69) is 4.98 Å². The molecule has 0 atom stereocenters. The quantitative estimate of drug-likeness (QED) is 0.477. The highest BCUT2D eigenvalue weighted by atomic mass is 16.4. The Morgan fingerprint density at radius 2 is 1.73 bits per heavy atom. The van der Waals surface area contributed by atoms with Gasteiger partial charge in [0, 0.05) is 36.7 Å². The Bertz CT molecular complexity index is 1390. The van der Waals surface area contributed by atoms with Gasteiger partial charge in [0.25, 0.3) is 5.56 Å². The summed E-state index contributed by atoms with van der Waals surface area (Å²) in [6, 6.07) is 17.5. The Morgan fingerprint density at radius 3 is 2.48 bits per heavy atom. The van der Waals surface area contributed by atoms with Crippen molar-refractivity contribution in [3.8, 4) is 11.3 Å². The molecule has 0 saturated carbocycles. The number of nitrogens with one attached hydrogen (secondary N) is 1. The van der Waals surface area contributed by atoms with Gasteiger partial charge in [-0.1, -0.05) is 48.5 Å². The molecule has 0 unspecified atom stereocenters. The SMILES string of the molecule is Cn1nc(-c2cccc(CN(Cc3ccccc3)C(=O)O)c2)c2c3c(c(=O)[nH]c21)CCCC3. The zero-order valence-corrected chi connectivity index (χ0v) is 18.5. The number of benzene rings is 2. The third kappa shape index (κ3) is 4.02. The summed E-state index contributed by atoms with van der Waals surface area (Å²) in [5, 5.41) is 15.5. The number of carbonyl (C=O) groups is 1. The van der Waals surface area contributed by atoms with Gasteiger partial charge < -0.3 is 10.1 Å². The van der Waals surface area contributed by atoms with Crippen molar-refractivity contribution >= 4 is 17.1 Å². The zero-order valence-electron chi connectivity index (χ0n) is 18.5. The van der Waals surface area contributed by atoms with E-state index >= 15 is 0 Å². The Hall–Kier alpha value is -3.87. The number of pyridine rings is 1. The second-order valence-electron chi connectivity index (χ2n) is 8.64. The van der Waals surface area contributed by atoms with E-state index in [-0.39, 0.29) is 12.1 Å². The van der Waals surface area contributed by atoms with Crippen molar-refractivity contribution in [2.24, 2.45) is 7.05 Å². The van der Waals surface area contributed by atoms with Gasteiger partial charge in [-0.3, -0.25) is 14.4 Å². The molecule has 2 aromatic carbocycles. The number of aryl methyl sites for hydroxylation is 2. The summed E-state index contributed by atoms with van der Waals surface area (Å²) in [5.41, 5.74) is 6.28. The van der Waals surface area contributed by atoms with Gasteiger partial charge in [0.2, 0.25) is 0 Å². The van der Waals surface area contributed by atoms with E-state index in [1.54, 1.807) is 4.68 Å². The number of amides is 1. The molecule has 7 nitrogen and oxygen atoms in total. The maximum absolute atomic E-state index is 12.6. The van der Waals surface area contributed by atoms with Crippen LogP contribution in [0.15, 0.2) is 59.4 Å². The van der Waals surface area contributed by atoms with Crippen molar-refractivity contribution < 1.29 is 9.90 Å². The first-order chi connectivity index (χ1) is 16.0. The number of carboxylic acid groups (broad SMARTS) is 1. The van der Waals surface area contributed by atoms with Crippen molar-refractivity contribution in [2.75, 3.05) is 0 Å². The highest BCUT2D eigenvalue weighted by molar-refractivity contribution is 5.94. The molecule has 1 aliphatic rings. The number of hydrogen-bond acceptors (Lipinski definition) is 3. The van der Waals surface area contributed by atoms with Crippen molar-refractivity contribution in [1.29, 1.82) is 0 Å². The Kier molecular flexibility index (Phi) is 5.46. The lowest BCUT2D eigenvalue weighted by Crippen LogP contribution is -2.28. The first-order valence-corrected chi connectivity index (χ1v) is 11.2. The summed E-state index contributed by atoms with van der Waals surface area (Å²) in [6.07, 6.45) is 2.80. The lowest BCUT2D eigenvalue weighted by Gasteiger charge is -2.20. The number of rotatable bonds is 5. The van der Waals surface area contributed by atoms with E-state index in [9.17, 15) is 14.7 Å². The van der Waals surface area contributed by atoms with Crippen LogP contribution in [0.25, 0.3) is 22.3 Å². The third-order valence-electron chi connectivity index (χ3n) is 6.38. The molecule has 0 fully saturated rings. The standard InChI is InChI=1S/C26H26N4O3/c1-29-24-22(20-12-5-6-13-21(20)25(31)27-24)23(28-29)19-11-7-10-18(14-19)16-30(26(32)33)15-17-8-3-2-4-9-17/h2-4,7-11,14H,5-6,12-13,15-16H2,1H3,(H,27,31)(H,32,33). The fourth-order valence-electron chi connectivity index (χ4n) is 4.80. The van der Waals surface area contributed by atoms with E-state index in [0.29, 0.717) is 6.54 Å². The topological polar surface area (TPSA) is 91.2 Å². The minimum absolute atomic E-state index is 0.0153. The van der Waals surface area contributed by atoms with Crippen molar-refractivity contribution in [2.45, 2.75) is 38.8 Å².